The van der Waals surface area contributed by atoms with Crippen LogP contribution in [0, 0.1) is 5.92 Å². The normalized spacial score (nSPS) is 19.1. The highest BCUT2D eigenvalue weighted by Crippen LogP contribution is 2.27. The van der Waals surface area contributed by atoms with E-state index in [0.717, 1.165) is 18.6 Å². The second kappa shape index (κ2) is 15.3. The van der Waals surface area contributed by atoms with Crippen LogP contribution in [0.15, 0.2) is 0 Å². The molecule has 1 saturated heterocycles. The minimum absolute atomic E-state index is 0.00310. The molecule has 0 saturated carbocycles. The van der Waals surface area contributed by atoms with E-state index in [1.807, 2.05) is 46.4 Å². The van der Waals surface area contributed by atoms with Crippen LogP contribution in [0.3, 0.4) is 0 Å². The van der Waals surface area contributed by atoms with Crippen LogP contribution in [0.1, 0.15) is 73.6 Å². The third kappa shape index (κ3) is 12.3. The summed E-state index contributed by atoms with van der Waals surface area (Å²) in [5.41, 5.74) is 0. The van der Waals surface area contributed by atoms with Crippen molar-refractivity contribution < 1.29 is 23.9 Å². The third-order valence-electron chi connectivity index (χ3n) is 5.03. The van der Waals surface area contributed by atoms with Gasteiger partial charge in [0.05, 0.1) is 36.7 Å². The van der Waals surface area contributed by atoms with Crippen molar-refractivity contribution in [2.24, 2.45) is 5.92 Å². The molecule has 0 N–H and O–H groups in total. The van der Waals surface area contributed by atoms with Crippen LogP contribution in [0.5, 0.6) is 0 Å². The Morgan fingerprint density at radius 2 is 1.68 bits per heavy atom. The first-order valence-electron chi connectivity index (χ1n) is 11.5. The lowest BCUT2D eigenvalue weighted by Gasteiger charge is -2.25. The Labute approximate surface area is 196 Å². The van der Waals surface area contributed by atoms with E-state index in [2.05, 4.69) is 0 Å². The van der Waals surface area contributed by atoms with Gasteiger partial charge in [0.15, 0.2) is 0 Å². The summed E-state index contributed by atoms with van der Waals surface area (Å²) in [5, 5.41) is 0. The van der Waals surface area contributed by atoms with Crippen molar-refractivity contribution in [1.82, 2.24) is 4.90 Å². The minimum Gasteiger partial charge on any atom is -0.377 e. The maximum Gasteiger partial charge on any atom is 0.233 e. The Balaban J connectivity index is 2.28. The molecule has 1 fully saturated rings. The predicted octanol–water partition coefficient (Wildman–Crippen LogP) is 4.54. The van der Waals surface area contributed by atoms with E-state index in [1.54, 1.807) is 21.6 Å². The fraction of sp³-hybridized carbons (Fsp3) is 0.870. The number of hydrogen-bond acceptors (Lipinski definition) is 7. The summed E-state index contributed by atoms with van der Waals surface area (Å²) in [6, 6.07) is 0.0652. The number of Topliss-reactive ketones (excluding diaryl/α,β-unsaturated/α-hetero) is 2. The summed E-state index contributed by atoms with van der Waals surface area (Å²) in [4.78, 5) is 38.2. The van der Waals surface area contributed by atoms with Crippen LogP contribution in [-0.4, -0.2) is 71.4 Å². The highest BCUT2D eigenvalue weighted by molar-refractivity contribution is 8.76. The first-order chi connectivity index (χ1) is 14.6. The number of ether oxygens (including phenoxy) is 2. The lowest BCUT2D eigenvalue weighted by Crippen LogP contribution is -2.40. The number of likely N-dealkylation sites (tertiary alicyclic amines) is 1. The number of carbonyl (C=O) groups excluding carboxylic acids is 3. The van der Waals surface area contributed by atoms with Gasteiger partial charge >= 0.3 is 0 Å². The monoisotopic (exact) mass is 475 g/mol. The maximum absolute atomic E-state index is 12.8. The zero-order valence-electron chi connectivity index (χ0n) is 20.1. The van der Waals surface area contributed by atoms with Crippen LogP contribution >= 0.6 is 21.6 Å². The first kappa shape index (κ1) is 28.5. The van der Waals surface area contributed by atoms with Crippen LogP contribution in [-0.2, 0) is 23.9 Å². The van der Waals surface area contributed by atoms with Gasteiger partial charge in [-0.1, -0.05) is 35.4 Å². The Hall–Kier alpha value is -0.570. The molecule has 2 atom stereocenters. The van der Waals surface area contributed by atoms with Crippen molar-refractivity contribution in [3.05, 3.63) is 0 Å². The zero-order chi connectivity index (χ0) is 23.4. The summed E-state index contributed by atoms with van der Waals surface area (Å²) in [6.07, 6.45) is 3.14. The van der Waals surface area contributed by atoms with Gasteiger partial charge in [0.2, 0.25) is 5.91 Å². The van der Waals surface area contributed by atoms with Gasteiger partial charge in [0.1, 0.15) is 11.6 Å². The Morgan fingerprint density at radius 3 is 2.29 bits per heavy atom. The molecular formula is C23H41NO5S2. The summed E-state index contributed by atoms with van der Waals surface area (Å²) in [5.74, 6) is 1.65. The lowest BCUT2D eigenvalue weighted by molar-refractivity contribution is -0.131. The summed E-state index contributed by atoms with van der Waals surface area (Å²) in [7, 11) is 3.17. The Morgan fingerprint density at radius 1 is 0.968 bits per heavy atom. The summed E-state index contributed by atoms with van der Waals surface area (Å²) in [6.45, 7) is 12.9. The molecule has 0 unspecified atom stereocenters. The minimum atomic E-state index is -0.00310. The molecule has 1 rings (SSSR count). The number of hydrogen-bond donors (Lipinski definition) is 0. The van der Waals surface area contributed by atoms with Gasteiger partial charge in [0, 0.05) is 37.5 Å². The average Bonchev–Trinajstić information content (AvgIpc) is 3.08. The molecule has 0 aliphatic carbocycles. The highest BCUT2D eigenvalue weighted by atomic mass is 33.1. The lowest BCUT2D eigenvalue weighted by atomic mass is 10.0. The van der Waals surface area contributed by atoms with E-state index in [0.29, 0.717) is 38.2 Å². The SMILES string of the molecule is CC(C)OC[C@@H]1C[C@@H](OC(C)C)CN1C(=O)CSSCCCC(=O)CCC(=O)C(C)C. The standard InChI is InChI=1S/C23H41NO5S2/c1-16(2)22(26)10-9-20(25)8-7-11-30-31-15-23(27)24-13-21(29-18(5)6)12-19(24)14-28-17(3)4/h16-19,21H,7-15H2,1-6H3/t19-,21+/m0/s1. The van der Waals surface area contributed by atoms with E-state index >= 15 is 0 Å². The summed E-state index contributed by atoms with van der Waals surface area (Å²) >= 11 is 0. The topological polar surface area (TPSA) is 72.9 Å². The molecular weight excluding hydrogens is 434 g/mol. The zero-order valence-corrected chi connectivity index (χ0v) is 21.7. The maximum atomic E-state index is 12.8. The Bertz CT molecular complexity index is 568. The van der Waals surface area contributed by atoms with Crippen molar-refractivity contribution in [3.63, 3.8) is 0 Å². The molecule has 1 amide bonds. The molecule has 1 heterocycles. The van der Waals surface area contributed by atoms with E-state index in [-0.39, 0.29) is 47.7 Å². The molecule has 1 aliphatic rings. The van der Waals surface area contributed by atoms with Crippen molar-refractivity contribution in [2.45, 2.75) is 98.0 Å². The fourth-order valence-corrected chi connectivity index (χ4v) is 5.35. The second-order valence-corrected chi connectivity index (χ2v) is 11.6. The van der Waals surface area contributed by atoms with Gasteiger partial charge in [-0.05, 0) is 40.5 Å². The molecule has 1 aliphatic heterocycles. The number of carbonyl (C=O) groups is 3. The van der Waals surface area contributed by atoms with E-state index in [1.165, 1.54) is 0 Å². The average molecular weight is 476 g/mol. The number of amides is 1. The molecule has 0 aromatic rings. The number of nitrogens with zero attached hydrogens (tertiary/aromatic N) is 1. The van der Waals surface area contributed by atoms with Gasteiger partial charge in [-0.25, -0.2) is 0 Å². The van der Waals surface area contributed by atoms with E-state index < -0.39 is 0 Å². The van der Waals surface area contributed by atoms with Crippen molar-refractivity contribution >= 4 is 39.1 Å². The molecule has 6 nitrogen and oxygen atoms in total. The predicted molar refractivity (Wildman–Crippen MR) is 129 cm³/mol. The molecule has 31 heavy (non-hydrogen) atoms. The van der Waals surface area contributed by atoms with Crippen LogP contribution in [0.25, 0.3) is 0 Å². The van der Waals surface area contributed by atoms with Crippen LogP contribution in [0.4, 0.5) is 0 Å². The van der Waals surface area contributed by atoms with Crippen molar-refractivity contribution in [1.29, 1.82) is 0 Å². The van der Waals surface area contributed by atoms with Gasteiger partial charge in [-0.3, -0.25) is 14.4 Å². The third-order valence-corrected chi connectivity index (χ3v) is 7.37. The van der Waals surface area contributed by atoms with Crippen LogP contribution in [0.2, 0.25) is 0 Å². The first-order valence-corrected chi connectivity index (χ1v) is 13.9. The van der Waals surface area contributed by atoms with Gasteiger partial charge in [-0.15, -0.1) is 0 Å². The Kier molecular flexibility index (Phi) is 14.0. The molecule has 0 spiro atoms. The summed E-state index contributed by atoms with van der Waals surface area (Å²) < 4.78 is 11.7. The molecule has 0 aromatic heterocycles. The fourth-order valence-electron chi connectivity index (χ4n) is 3.36. The number of ketones is 2. The van der Waals surface area contributed by atoms with Crippen molar-refractivity contribution in [3.8, 4) is 0 Å². The molecule has 0 radical (unpaired) electrons. The van der Waals surface area contributed by atoms with Gasteiger partial charge in [-0.2, -0.15) is 0 Å². The molecule has 0 bridgehead atoms. The molecule has 8 heteroatoms. The second-order valence-electron chi connectivity index (χ2n) is 8.97. The largest absolute Gasteiger partial charge is 0.377 e. The smallest absolute Gasteiger partial charge is 0.233 e. The van der Waals surface area contributed by atoms with Gasteiger partial charge in [0.25, 0.3) is 0 Å². The van der Waals surface area contributed by atoms with E-state index in [4.69, 9.17) is 9.47 Å². The van der Waals surface area contributed by atoms with Crippen LogP contribution < -0.4 is 0 Å². The van der Waals surface area contributed by atoms with Crippen molar-refractivity contribution in [2.75, 3.05) is 24.7 Å². The number of rotatable bonds is 16. The molecule has 0 aromatic carbocycles. The van der Waals surface area contributed by atoms with Gasteiger partial charge < -0.3 is 14.4 Å². The highest BCUT2D eigenvalue weighted by Gasteiger charge is 2.36. The quantitative estimate of drug-likeness (QED) is 0.240. The van der Waals surface area contributed by atoms with E-state index in [9.17, 15) is 14.4 Å². The molecule has 180 valence electrons.